The van der Waals surface area contributed by atoms with Crippen LogP contribution in [0, 0.1) is 5.92 Å². The van der Waals surface area contributed by atoms with E-state index in [4.69, 9.17) is 4.74 Å². The van der Waals surface area contributed by atoms with Crippen LogP contribution in [0.15, 0.2) is 10.7 Å². The van der Waals surface area contributed by atoms with Crippen LogP contribution in [-0.2, 0) is 11.8 Å². The minimum absolute atomic E-state index is 0.283. The van der Waals surface area contributed by atoms with E-state index in [-0.39, 0.29) is 5.92 Å². The molecule has 2 rings (SSSR count). The second-order valence-electron chi connectivity index (χ2n) is 3.90. The number of hydrogen-bond acceptors (Lipinski definition) is 3. The van der Waals surface area contributed by atoms with Crippen molar-refractivity contribution in [3.8, 4) is 0 Å². The average Bonchev–Trinajstić information content (AvgIpc) is 2.59. The van der Waals surface area contributed by atoms with E-state index in [1.165, 1.54) is 0 Å². The molecule has 0 aliphatic carbocycles. The van der Waals surface area contributed by atoms with Crippen molar-refractivity contribution in [2.45, 2.75) is 18.9 Å². The predicted molar refractivity (Wildman–Crippen MR) is 59.4 cm³/mol. The third-order valence-corrected chi connectivity index (χ3v) is 3.54. The summed E-state index contributed by atoms with van der Waals surface area (Å²) in [5.74, 6) is 0.283. The number of ether oxygens (including phenoxy) is 1. The number of aromatic nitrogens is 2. The quantitative estimate of drug-likeness (QED) is 0.892. The van der Waals surface area contributed by atoms with Gasteiger partial charge in [0.25, 0.3) is 0 Å². The maximum absolute atomic E-state index is 10.2. The summed E-state index contributed by atoms with van der Waals surface area (Å²) in [6.45, 7) is 1.49. The van der Waals surface area contributed by atoms with Gasteiger partial charge in [0.15, 0.2) is 0 Å². The molecule has 1 fully saturated rings. The van der Waals surface area contributed by atoms with E-state index in [1.54, 1.807) is 10.9 Å². The van der Waals surface area contributed by atoms with Gasteiger partial charge in [-0.2, -0.15) is 5.10 Å². The fraction of sp³-hybridized carbons (Fsp3) is 0.700. The lowest BCUT2D eigenvalue weighted by Gasteiger charge is -2.27. The number of halogens is 1. The molecular weight excluding hydrogens is 260 g/mol. The van der Waals surface area contributed by atoms with Crippen molar-refractivity contribution in [1.29, 1.82) is 0 Å². The lowest BCUT2D eigenvalue weighted by Crippen LogP contribution is -2.23. The van der Waals surface area contributed by atoms with Crippen LogP contribution in [0.25, 0.3) is 0 Å². The van der Waals surface area contributed by atoms with Gasteiger partial charge in [0, 0.05) is 20.3 Å². The van der Waals surface area contributed by atoms with Crippen LogP contribution in [0.5, 0.6) is 0 Å². The second kappa shape index (κ2) is 4.63. The minimum Gasteiger partial charge on any atom is -0.386 e. The Morgan fingerprint density at radius 3 is 2.80 bits per heavy atom. The van der Waals surface area contributed by atoms with Crippen LogP contribution in [-0.4, -0.2) is 28.1 Å². The average molecular weight is 275 g/mol. The van der Waals surface area contributed by atoms with Gasteiger partial charge in [0.1, 0.15) is 0 Å². The summed E-state index contributed by atoms with van der Waals surface area (Å²) >= 11 is 3.41. The van der Waals surface area contributed by atoms with Gasteiger partial charge < -0.3 is 9.84 Å². The molecule has 0 amide bonds. The molecule has 1 aromatic rings. The number of nitrogens with zero attached hydrogens (tertiary/aromatic N) is 2. The molecular formula is C10H15BrN2O2. The van der Waals surface area contributed by atoms with Crippen molar-refractivity contribution < 1.29 is 9.84 Å². The van der Waals surface area contributed by atoms with Crippen molar-refractivity contribution in [2.75, 3.05) is 13.2 Å². The van der Waals surface area contributed by atoms with Crippen molar-refractivity contribution >= 4 is 15.9 Å². The van der Waals surface area contributed by atoms with Crippen LogP contribution >= 0.6 is 15.9 Å². The van der Waals surface area contributed by atoms with Crippen molar-refractivity contribution in [3.05, 3.63) is 16.4 Å². The number of aliphatic hydroxyl groups excluding tert-OH is 1. The van der Waals surface area contributed by atoms with Gasteiger partial charge in [-0.1, -0.05) is 0 Å². The number of aryl methyl sites for hydroxylation is 1. The molecule has 0 aromatic carbocycles. The van der Waals surface area contributed by atoms with Crippen LogP contribution in [0.4, 0.5) is 0 Å². The van der Waals surface area contributed by atoms with E-state index in [9.17, 15) is 5.11 Å². The van der Waals surface area contributed by atoms with Gasteiger partial charge in [0.2, 0.25) is 0 Å². The summed E-state index contributed by atoms with van der Waals surface area (Å²) in [6.07, 6.45) is 3.10. The molecule has 1 aliphatic heterocycles. The first-order valence-electron chi connectivity index (χ1n) is 5.13. The number of hydrogen-bond donors (Lipinski definition) is 1. The smallest absolute Gasteiger partial charge is 0.0997 e. The van der Waals surface area contributed by atoms with Gasteiger partial charge in [-0.3, -0.25) is 4.68 Å². The van der Waals surface area contributed by atoms with Crippen LogP contribution < -0.4 is 0 Å². The third-order valence-electron chi connectivity index (χ3n) is 2.93. The van der Waals surface area contributed by atoms with Crippen molar-refractivity contribution in [1.82, 2.24) is 9.78 Å². The van der Waals surface area contributed by atoms with Crippen molar-refractivity contribution in [3.63, 3.8) is 0 Å². The molecule has 1 saturated heterocycles. The Kier molecular flexibility index (Phi) is 3.43. The molecule has 0 radical (unpaired) electrons. The zero-order chi connectivity index (χ0) is 10.8. The lowest BCUT2D eigenvalue weighted by atomic mass is 9.92. The summed E-state index contributed by atoms with van der Waals surface area (Å²) in [4.78, 5) is 0. The molecule has 1 aliphatic rings. The van der Waals surface area contributed by atoms with Gasteiger partial charge in [-0.15, -0.1) is 0 Å². The highest BCUT2D eigenvalue weighted by Gasteiger charge is 2.27. The molecule has 1 atom stereocenters. The molecule has 0 bridgehead atoms. The van der Waals surface area contributed by atoms with E-state index < -0.39 is 6.10 Å². The summed E-state index contributed by atoms with van der Waals surface area (Å²) in [6, 6.07) is 0. The van der Waals surface area contributed by atoms with E-state index in [0.29, 0.717) is 0 Å². The first-order valence-corrected chi connectivity index (χ1v) is 5.92. The Bertz CT molecular complexity index is 315. The van der Waals surface area contributed by atoms with Crippen LogP contribution in [0.2, 0.25) is 0 Å². The summed E-state index contributed by atoms with van der Waals surface area (Å²) in [5, 5.41) is 14.4. The summed E-state index contributed by atoms with van der Waals surface area (Å²) in [7, 11) is 1.85. The molecule has 1 unspecified atom stereocenters. The third kappa shape index (κ3) is 2.24. The maximum atomic E-state index is 10.2. The Hall–Kier alpha value is -0.390. The monoisotopic (exact) mass is 274 g/mol. The summed E-state index contributed by atoms with van der Waals surface area (Å²) < 4.78 is 7.89. The van der Waals surface area contributed by atoms with Gasteiger partial charge in [0.05, 0.1) is 22.5 Å². The standard InChI is InChI=1S/C10H15BrN2O2/c1-13-9(8(11)6-12-13)10(14)7-2-4-15-5-3-7/h6-7,10,14H,2-5H2,1H3. The van der Waals surface area contributed by atoms with E-state index >= 15 is 0 Å². The summed E-state index contributed by atoms with van der Waals surface area (Å²) in [5.41, 5.74) is 0.863. The minimum atomic E-state index is -0.448. The first-order chi connectivity index (χ1) is 7.20. The van der Waals surface area contributed by atoms with Gasteiger partial charge in [-0.05, 0) is 34.7 Å². The molecule has 0 saturated carbocycles. The van der Waals surface area contributed by atoms with Crippen LogP contribution in [0.1, 0.15) is 24.6 Å². The molecule has 15 heavy (non-hydrogen) atoms. The molecule has 2 heterocycles. The maximum Gasteiger partial charge on any atom is 0.0997 e. The van der Waals surface area contributed by atoms with Gasteiger partial charge >= 0.3 is 0 Å². The van der Waals surface area contributed by atoms with Crippen molar-refractivity contribution in [2.24, 2.45) is 13.0 Å². The number of aliphatic hydroxyl groups is 1. The largest absolute Gasteiger partial charge is 0.386 e. The topological polar surface area (TPSA) is 47.3 Å². The highest BCUT2D eigenvalue weighted by Crippen LogP contribution is 2.33. The molecule has 4 nitrogen and oxygen atoms in total. The highest BCUT2D eigenvalue weighted by molar-refractivity contribution is 9.10. The van der Waals surface area contributed by atoms with Crippen LogP contribution in [0.3, 0.4) is 0 Å². The van der Waals surface area contributed by atoms with E-state index in [0.717, 1.165) is 36.2 Å². The molecule has 1 aromatic heterocycles. The first kappa shape index (κ1) is 11.1. The predicted octanol–water partition coefficient (Wildman–Crippen LogP) is 1.64. The Morgan fingerprint density at radius 2 is 2.27 bits per heavy atom. The fourth-order valence-electron chi connectivity index (χ4n) is 2.01. The zero-order valence-electron chi connectivity index (χ0n) is 8.69. The fourth-order valence-corrected chi connectivity index (χ4v) is 2.59. The van der Waals surface area contributed by atoms with E-state index in [1.807, 2.05) is 7.05 Å². The molecule has 84 valence electrons. The molecule has 1 N–H and O–H groups in total. The van der Waals surface area contributed by atoms with E-state index in [2.05, 4.69) is 21.0 Å². The Morgan fingerprint density at radius 1 is 1.60 bits per heavy atom. The lowest BCUT2D eigenvalue weighted by molar-refractivity contribution is 0.00390. The highest BCUT2D eigenvalue weighted by atomic mass is 79.9. The SMILES string of the molecule is Cn1ncc(Br)c1C(O)C1CCOCC1. The zero-order valence-corrected chi connectivity index (χ0v) is 10.3. The molecule has 0 spiro atoms. The Balaban J connectivity index is 2.15. The van der Waals surface area contributed by atoms with Gasteiger partial charge in [-0.25, -0.2) is 0 Å². The second-order valence-corrected chi connectivity index (χ2v) is 4.75. The number of rotatable bonds is 2. The molecule has 5 heteroatoms. The Labute approximate surface area is 97.4 Å². The normalized spacial score (nSPS) is 20.5.